The van der Waals surface area contributed by atoms with E-state index in [4.69, 9.17) is 4.74 Å². The second-order valence-electron chi connectivity index (χ2n) is 3.64. The fourth-order valence-corrected chi connectivity index (χ4v) is 1.67. The van der Waals surface area contributed by atoms with E-state index in [9.17, 15) is 4.79 Å². The van der Waals surface area contributed by atoms with Crippen LogP contribution in [0.2, 0.25) is 0 Å². The number of carbonyl (C=O) groups excluding carboxylic acids is 1. The Morgan fingerprint density at radius 3 is 2.50 bits per heavy atom. The summed E-state index contributed by atoms with van der Waals surface area (Å²) in [6, 6.07) is 0. The van der Waals surface area contributed by atoms with Gasteiger partial charge in [-0.05, 0) is 32.6 Å². The number of isocyanates is 1. The third-order valence-electron chi connectivity index (χ3n) is 2.66. The van der Waals surface area contributed by atoms with E-state index in [0.717, 1.165) is 25.7 Å². The third-order valence-corrected chi connectivity index (χ3v) is 2.66. The van der Waals surface area contributed by atoms with Gasteiger partial charge in [-0.15, -0.1) is 0 Å². The third kappa shape index (κ3) is 2.16. The van der Waals surface area contributed by atoms with Crippen molar-refractivity contribution in [3.8, 4) is 0 Å². The highest BCUT2D eigenvalue weighted by atomic mass is 16.5. The Morgan fingerprint density at radius 2 is 2.08 bits per heavy atom. The first kappa shape index (κ1) is 9.43. The van der Waals surface area contributed by atoms with Crippen molar-refractivity contribution in [2.45, 2.75) is 44.2 Å². The van der Waals surface area contributed by atoms with E-state index >= 15 is 0 Å². The fraction of sp³-hybridized carbons (Fsp3) is 0.889. The zero-order chi connectivity index (χ0) is 9.03. The lowest BCUT2D eigenvalue weighted by Crippen LogP contribution is -2.31. The summed E-state index contributed by atoms with van der Waals surface area (Å²) in [6.45, 7) is 2.00. The van der Waals surface area contributed by atoms with Gasteiger partial charge in [0.25, 0.3) is 0 Å². The van der Waals surface area contributed by atoms with Crippen LogP contribution in [-0.2, 0) is 9.53 Å². The normalized spacial score (nSPS) is 35.7. The molecule has 0 aromatic heterocycles. The molecule has 0 atom stereocenters. The number of hydrogen-bond donors (Lipinski definition) is 0. The molecule has 1 rings (SSSR count). The van der Waals surface area contributed by atoms with Crippen LogP contribution in [-0.4, -0.2) is 24.8 Å². The van der Waals surface area contributed by atoms with E-state index in [-0.39, 0.29) is 5.54 Å². The summed E-state index contributed by atoms with van der Waals surface area (Å²) in [5, 5.41) is 0. The summed E-state index contributed by atoms with van der Waals surface area (Å²) in [4.78, 5) is 13.9. The van der Waals surface area contributed by atoms with Gasteiger partial charge in [0.05, 0.1) is 11.6 Å². The number of methoxy groups -OCH3 is 1. The average molecular weight is 169 g/mol. The molecule has 0 unspecified atom stereocenters. The SMILES string of the molecule is CO[C@H]1CC[C@@](C)(N=C=O)CC1. The molecule has 0 spiro atoms. The first-order valence-corrected chi connectivity index (χ1v) is 4.32. The molecule has 0 aliphatic heterocycles. The maximum Gasteiger partial charge on any atom is 0.235 e. The average Bonchev–Trinajstić information content (AvgIpc) is 2.06. The van der Waals surface area contributed by atoms with Crippen LogP contribution in [0, 0.1) is 0 Å². The van der Waals surface area contributed by atoms with Gasteiger partial charge in [-0.2, -0.15) is 4.99 Å². The van der Waals surface area contributed by atoms with Crippen molar-refractivity contribution in [2.24, 2.45) is 4.99 Å². The van der Waals surface area contributed by atoms with E-state index in [1.54, 1.807) is 13.2 Å². The molecule has 0 radical (unpaired) electrons. The van der Waals surface area contributed by atoms with E-state index in [2.05, 4.69) is 4.99 Å². The summed E-state index contributed by atoms with van der Waals surface area (Å²) in [6.07, 6.45) is 5.86. The maximum atomic E-state index is 10.1. The van der Waals surface area contributed by atoms with Gasteiger partial charge in [0.2, 0.25) is 6.08 Å². The molecule has 0 aromatic rings. The summed E-state index contributed by atoms with van der Waals surface area (Å²) in [5.74, 6) is 0. The number of hydrogen-bond acceptors (Lipinski definition) is 3. The van der Waals surface area contributed by atoms with Crippen molar-refractivity contribution in [3.63, 3.8) is 0 Å². The summed E-state index contributed by atoms with van der Waals surface area (Å²) in [5.41, 5.74) is -0.170. The largest absolute Gasteiger partial charge is 0.381 e. The van der Waals surface area contributed by atoms with Crippen molar-refractivity contribution < 1.29 is 9.53 Å². The van der Waals surface area contributed by atoms with E-state index < -0.39 is 0 Å². The second-order valence-corrected chi connectivity index (χ2v) is 3.64. The molecular formula is C9H15NO2. The van der Waals surface area contributed by atoms with Crippen LogP contribution in [0.4, 0.5) is 0 Å². The van der Waals surface area contributed by atoms with Gasteiger partial charge in [-0.25, -0.2) is 4.79 Å². The quantitative estimate of drug-likeness (QED) is 0.466. The molecule has 1 aliphatic rings. The predicted octanol–water partition coefficient (Wildman–Crippen LogP) is 1.67. The van der Waals surface area contributed by atoms with Gasteiger partial charge < -0.3 is 4.74 Å². The Morgan fingerprint density at radius 1 is 1.50 bits per heavy atom. The summed E-state index contributed by atoms with van der Waals surface area (Å²) < 4.78 is 5.22. The highest BCUT2D eigenvalue weighted by Gasteiger charge is 2.30. The molecule has 0 heterocycles. The molecule has 0 bridgehead atoms. The Labute approximate surface area is 72.8 Å². The number of aliphatic imine (C=N–C) groups is 1. The van der Waals surface area contributed by atoms with Gasteiger partial charge in [-0.3, -0.25) is 0 Å². The molecule has 0 N–H and O–H groups in total. The lowest BCUT2D eigenvalue weighted by atomic mass is 9.82. The van der Waals surface area contributed by atoms with E-state index in [0.29, 0.717) is 6.10 Å². The minimum atomic E-state index is -0.170. The lowest BCUT2D eigenvalue weighted by molar-refractivity contribution is 0.0536. The van der Waals surface area contributed by atoms with Gasteiger partial charge >= 0.3 is 0 Å². The van der Waals surface area contributed by atoms with Crippen LogP contribution in [0.25, 0.3) is 0 Å². The Hall–Kier alpha value is -0.660. The number of nitrogens with zero attached hydrogens (tertiary/aromatic N) is 1. The maximum absolute atomic E-state index is 10.1. The Bertz CT molecular complexity index is 189. The summed E-state index contributed by atoms with van der Waals surface area (Å²) >= 11 is 0. The zero-order valence-electron chi connectivity index (χ0n) is 7.67. The van der Waals surface area contributed by atoms with Crippen molar-refractivity contribution in [3.05, 3.63) is 0 Å². The second kappa shape index (κ2) is 3.83. The molecule has 68 valence electrons. The molecule has 12 heavy (non-hydrogen) atoms. The van der Waals surface area contributed by atoms with Crippen molar-refractivity contribution >= 4 is 6.08 Å². The molecular weight excluding hydrogens is 154 g/mol. The van der Waals surface area contributed by atoms with Crippen molar-refractivity contribution in [2.75, 3.05) is 7.11 Å². The van der Waals surface area contributed by atoms with Crippen molar-refractivity contribution in [1.82, 2.24) is 0 Å². The van der Waals surface area contributed by atoms with Gasteiger partial charge in [0, 0.05) is 7.11 Å². The molecule has 3 nitrogen and oxygen atoms in total. The Kier molecular flexibility index (Phi) is 3.01. The molecule has 0 aromatic carbocycles. The number of rotatable bonds is 2. The van der Waals surface area contributed by atoms with Crippen molar-refractivity contribution in [1.29, 1.82) is 0 Å². The minimum Gasteiger partial charge on any atom is -0.381 e. The number of ether oxygens (including phenoxy) is 1. The van der Waals surface area contributed by atoms with Crippen LogP contribution in [0.5, 0.6) is 0 Å². The fourth-order valence-electron chi connectivity index (χ4n) is 1.67. The predicted molar refractivity (Wildman–Crippen MR) is 45.8 cm³/mol. The van der Waals surface area contributed by atoms with Gasteiger partial charge in [-0.1, -0.05) is 0 Å². The molecule has 1 saturated carbocycles. The van der Waals surface area contributed by atoms with Crippen LogP contribution < -0.4 is 0 Å². The molecule has 0 amide bonds. The molecule has 1 fully saturated rings. The smallest absolute Gasteiger partial charge is 0.235 e. The van der Waals surface area contributed by atoms with Gasteiger partial charge in [0.1, 0.15) is 0 Å². The lowest BCUT2D eigenvalue weighted by Gasteiger charge is -2.32. The summed E-state index contributed by atoms with van der Waals surface area (Å²) in [7, 11) is 1.73. The molecule has 1 aliphatic carbocycles. The molecule has 3 heteroatoms. The first-order valence-electron chi connectivity index (χ1n) is 4.32. The Balaban J connectivity index is 2.49. The standard InChI is InChI=1S/C9H15NO2/c1-9(10-7-11)5-3-8(12-2)4-6-9/h8H,3-6H2,1-2H3/t8-,9+. The first-order chi connectivity index (χ1) is 5.70. The monoisotopic (exact) mass is 169 g/mol. The highest BCUT2D eigenvalue weighted by molar-refractivity contribution is 5.34. The van der Waals surface area contributed by atoms with Crippen LogP contribution in [0.3, 0.4) is 0 Å². The topological polar surface area (TPSA) is 38.7 Å². The molecule has 0 saturated heterocycles. The highest BCUT2D eigenvalue weighted by Crippen LogP contribution is 2.31. The minimum absolute atomic E-state index is 0.170. The van der Waals surface area contributed by atoms with Crippen LogP contribution >= 0.6 is 0 Å². The van der Waals surface area contributed by atoms with E-state index in [1.165, 1.54) is 0 Å². The van der Waals surface area contributed by atoms with E-state index in [1.807, 2.05) is 6.92 Å². The zero-order valence-corrected chi connectivity index (χ0v) is 7.67. The van der Waals surface area contributed by atoms with Gasteiger partial charge in [0.15, 0.2) is 0 Å². The van der Waals surface area contributed by atoms with Crippen LogP contribution in [0.15, 0.2) is 4.99 Å². The van der Waals surface area contributed by atoms with Crippen LogP contribution in [0.1, 0.15) is 32.6 Å².